The van der Waals surface area contributed by atoms with Gasteiger partial charge in [-0.1, -0.05) is 22.8 Å². The van der Waals surface area contributed by atoms with E-state index in [0.29, 0.717) is 5.02 Å². The van der Waals surface area contributed by atoms with Crippen molar-refractivity contribution in [3.63, 3.8) is 0 Å². The van der Waals surface area contributed by atoms with E-state index in [-0.39, 0.29) is 17.1 Å². The number of nitrogens with zero attached hydrogens (tertiary/aromatic N) is 1. The summed E-state index contributed by atoms with van der Waals surface area (Å²) >= 11 is 5.97. The fourth-order valence-corrected chi connectivity index (χ4v) is 1.54. The maximum absolute atomic E-state index is 13.5. The summed E-state index contributed by atoms with van der Waals surface area (Å²) in [6.45, 7) is 1.78. The third kappa shape index (κ3) is 1.68. The molecule has 5 heteroatoms. The zero-order valence-corrected chi connectivity index (χ0v) is 8.68. The molecule has 78 valence electrons. The molecule has 0 unspecified atom stereocenters. The summed E-state index contributed by atoms with van der Waals surface area (Å²) in [7, 11) is 0. The molecule has 15 heavy (non-hydrogen) atoms. The van der Waals surface area contributed by atoms with Gasteiger partial charge in [0.25, 0.3) is 0 Å². The van der Waals surface area contributed by atoms with Crippen LogP contribution < -0.4 is 5.73 Å². The molecular weight excluding hydrogens is 219 g/mol. The van der Waals surface area contributed by atoms with E-state index in [1.54, 1.807) is 13.0 Å². The minimum absolute atomic E-state index is 0.195. The van der Waals surface area contributed by atoms with Crippen LogP contribution in [0.15, 0.2) is 22.7 Å². The summed E-state index contributed by atoms with van der Waals surface area (Å²) in [6, 6.07) is 4.36. The number of nitrogens with two attached hydrogens (primary N) is 1. The van der Waals surface area contributed by atoms with Gasteiger partial charge in [0, 0.05) is 6.07 Å². The first kappa shape index (κ1) is 9.98. The number of aryl methyl sites for hydroxylation is 1. The second kappa shape index (κ2) is 3.55. The van der Waals surface area contributed by atoms with Crippen molar-refractivity contribution in [2.75, 3.05) is 5.73 Å². The largest absolute Gasteiger partial charge is 0.381 e. The molecule has 2 N–H and O–H groups in total. The zero-order chi connectivity index (χ0) is 11.0. The summed E-state index contributed by atoms with van der Waals surface area (Å²) in [5.74, 6) is -0.0255. The van der Waals surface area contributed by atoms with Crippen LogP contribution in [-0.4, -0.2) is 5.16 Å². The smallest absolute Gasteiger partial charge is 0.173 e. The van der Waals surface area contributed by atoms with Crippen LogP contribution in [0, 0.1) is 12.7 Å². The van der Waals surface area contributed by atoms with Crippen LogP contribution in [0.4, 0.5) is 10.2 Å². The van der Waals surface area contributed by atoms with E-state index < -0.39 is 5.82 Å². The lowest BCUT2D eigenvalue weighted by atomic mass is 10.1. The van der Waals surface area contributed by atoms with Crippen LogP contribution in [0.2, 0.25) is 5.02 Å². The Morgan fingerprint density at radius 1 is 1.47 bits per heavy atom. The standard InChI is InChI=1S/C10H8ClFN2O/c1-5-2-3-6(12)9(10(5)11)7-4-8(13)14-15-7/h2-4H,1H3,(H2,13,14). The van der Waals surface area contributed by atoms with Gasteiger partial charge in [0.15, 0.2) is 11.6 Å². The molecule has 0 atom stereocenters. The van der Waals surface area contributed by atoms with Crippen LogP contribution in [0.3, 0.4) is 0 Å². The molecule has 0 spiro atoms. The molecule has 0 saturated heterocycles. The topological polar surface area (TPSA) is 52.0 Å². The highest BCUT2D eigenvalue weighted by Gasteiger charge is 2.15. The lowest BCUT2D eigenvalue weighted by Crippen LogP contribution is -1.87. The molecule has 2 aromatic rings. The van der Waals surface area contributed by atoms with E-state index in [9.17, 15) is 4.39 Å². The van der Waals surface area contributed by atoms with E-state index in [1.807, 2.05) is 0 Å². The third-order valence-corrected chi connectivity index (χ3v) is 2.55. The number of anilines is 1. The van der Waals surface area contributed by atoms with Crippen LogP contribution in [0.5, 0.6) is 0 Å². The molecule has 0 saturated carbocycles. The van der Waals surface area contributed by atoms with Crippen molar-refractivity contribution in [3.8, 4) is 11.3 Å². The fourth-order valence-electron chi connectivity index (χ4n) is 1.29. The Labute approximate surface area is 90.6 Å². The Morgan fingerprint density at radius 2 is 2.20 bits per heavy atom. The lowest BCUT2D eigenvalue weighted by molar-refractivity contribution is 0.433. The van der Waals surface area contributed by atoms with E-state index >= 15 is 0 Å². The minimum atomic E-state index is -0.457. The van der Waals surface area contributed by atoms with Crippen molar-refractivity contribution >= 4 is 17.4 Å². The summed E-state index contributed by atoms with van der Waals surface area (Å²) < 4.78 is 18.4. The van der Waals surface area contributed by atoms with E-state index in [2.05, 4.69) is 5.16 Å². The molecular formula is C10H8ClFN2O. The highest BCUT2D eigenvalue weighted by Crippen LogP contribution is 2.33. The molecule has 3 nitrogen and oxygen atoms in total. The second-order valence-electron chi connectivity index (χ2n) is 3.17. The SMILES string of the molecule is Cc1ccc(F)c(-c2cc(N)no2)c1Cl. The van der Waals surface area contributed by atoms with Crippen LogP contribution in [0.1, 0.15) is 5.56 Å². The van der Waals surface area contributed by atoms with Gasteiger partial charge in [0.05, 0.1) is 10.6 Å². The van der Waals surface area contributed by atoms with Gasteiger partial charge in [-0.2, -0.15) is 0 Å². The van der Waals surface area contributed by atoms with Crippen LogP contribution >= 0.6 is 11.6 Å². The first-order chi connectivity index (χ1) is 7.09. The molecule has 0 amide bonds. The fraction of sp³-hybridized carbons (Fsp3) is 0.100. The molecule has 0 aliphatic heterocycles. The average molecular weight is 227 g/mol. The second-order valence-corrected chi connectivity index (χ2v) is 3.55. The molecule has 2 rings (SSSR count). The number of hydrogen-bond donors (Lipinski definition) is 1. The van der Waals surface area contributed by atoms with Gasteiger partial charge in [0.1, 0.15) is 5.82 Å². The van der Waals surface area contributed by atoms with Gasteiger partial charge in [-0.15, -0.1) is 0 Å². The zero-order valence-electron chi connectivity index (χ0n) is 7.92. The quantitative estimate of drug-likeness (QED) is 0.813. The molecule has 1 aromatic heterocycles. The normalized spacial score (nSPS) is 10.6. The van der Waals surface area contributed by atoms with Gasteiger partial charge in [-0.05, 0) is 18.6 Å². The van der Waals surface area contributed by atoms with Crippen molar-refractivity contribution in [1.29, 1.82) is 0 Å². The number of aromatic nitrogens is 1. The van der Waals surface area contributed by atoms with Gasteiger partial charge >= 0.3 is 0 Å². The number of halogens is 2. The molecule has 0 aliphatic carbocycles. The lowest BCUT2D eigenvalue weighted by Gasteiger charge is -2.04. The summed E-state index contributed by atoms with van der Waals surface area (Å²) in [5.41, 5.74) is 6.35. The number of hydrogen-bond acceptors (Lipinski definition) is 3. The average Bonchev–Trinajstić information content (AvgIpc) is 2.59. The predicted octanol–water partition coefficient (Wildman–Crippen LogP) is 3.02. The first-order valence-corrected chi connectivity index (χ1v) is 4.64. The maximum Gasteiger partial charge on any atom is 0.173 e. The highest BCUT2D eigenvalue weighted by molar-refractivity contribution is 6.34. The monoisotopic (exact) mass is 226 g/mol. The summed E-state index contributed by atoms with van der Waals surface area (Å²) in [5, 5.41) is 3.79. The van der Waals surface area contributed by atoms with Gasteiger partial charge in [-0.25, -0.2) is 4.39 Å². The van der Waals surface area contributed by atoms with Crippen molar-refractivity contribution in [2.24, 2.45) is 0 Å². The summed E-state index contributed by atoms with van der Waals surface area (Å²) in [6.07, 6.45) is 0. The van der Waals surface area contributed by atoms with Gasteiger partial charge in [-0.3, -0.25) is 0 Å². The predicted molar refractivity (Wildman–Crippen MR) is 56.1 cm³/mol. The Balaban J connectivity index is 2.66. The van der Waals surface area contributed by atoms with Crippen molar-refractivity contribution < 1.29 is 8.91 Å². The van der Waals surface area contributed by atoms with Crippen LogP contribution in [-0.2, 0) is 0 Å². The highest BCUT2D eigenvalue weighted by atomic mass is 35.5. The first-order valence-electron chi connectivity index (χ1n) is 4.26. The van der Waals surface area contributed by atoms with Gasteiger partial charge in [0.2, 0.25) is 0 Å². The molecule has 0 radical (unpaired) electrons. The van der Waals surface area contributed by atoms with E-state index in [0.717, 1.165) is 5.56 Å². The van der Waals surface area contributed by atoms with E-state index in [1.165, 1.54) is 12.1 Å². The minimum Gasteiger partial charge on any atom is -0.381 e. The van der Waals surface area contributed by atoms with Gasteiger partial charge < -0.3 is 10.3 Å². The Bertz CT molecular complexity index is 510. The van der Waals surface area contributed by atoms with E-state index in [4.69, 9.17) is 21.9 Å². The number of benzene rings is 1. The molecule has 0 aliphatic rings. The Hall–Kier alpha value is -1.55. The molecule has 0 fully saturated rings. The summed E-state index contributed by atoms with van der Waals surface area (Å²) in [4.78, 5) is 0. The third-order valence-electron chi connectivity index (χ3n) is 2.06. The van der Waals surface area contributed by atoms with Crippen molar-refractivity contribution in [2.45, 2.75) is 6.92 Å². The maximum atomic E-state index is 13.5. The molecule has 1 heterocycles. The van der Waals surface area contributed by atoms with Crippen LogP contribution in [0.25, 0.3) is 11.3 Å². The molecule has 0 bridgehead atoms. The Morgan fingerprint density at radius 3 is 2.80 bits per heavy atom. The van der Waals surface area contributed by atoms with Crippen molar-refractivity contribution in [3.05, 3.63) is 34.6 Å². The molecule has 1 aromatic carbocycles. The Kier molecular flexibility index (Phi) is 2.36. The number of nitrogen functional groups attached to an aromatic ring is 1. The number of rotatable bonds is 1. The van der Waals surface area contributed by atoms with Crippen molar-refractivity contribution in [1.82, 2.24) is 5.16 Å².